The second-order valence-corrected chi connectivity index (χ2v) is 8.02. The highest BCUT2D eigenvalue weighted by Crippen LogP contribution is 2.17. The van der Waals surface area contributed by atoms with Gasteiger partial charge in [-0.05, 0) is 28.7 Å². The SMILES string of the molecule is CC(C)C[C@@H](BO)NC(=O)[C@H](Cc1ccc2ccccc2c1)NC(=O)c1cnccn1. The Kier molecular flexibility index (Phi) is 7.73. The van der Waals surface area contributed by atoms with Crippen molar-refractivity contribution in [3.63, 3.8) is 0 Å². The van der Waals surface area contributed by atoms with Crippen LogP contribution in [0.25, 0.3) is 10.8 Å². The summed E-state index contributed by atoms with van der Waals surface area (Å²) in [5.41, 5.74) is 1.06. The largest absolute Gasteiger partial charge is 0.452 e. The molecule has 7 nitrogen and oxygen atoms in total. The molecule has 0 bridgehead atoms. The highest BCUT2D eigenvalue weighted by atomic mass is 16.2. The third-order valence-electron chi connectivity index (χ3n) is 4.99. The van der Waals surface area contributed by atoms with Crippen LogP contribution in [0.1, 0.15) is 36.3 Å². The molecule has 0 fully saturated rings. The molecule has 0 unspecified atom stereocenters. The van der Waals surface area contributed by atoms with Crippen molar-refractivity contribution in [3.05, 3.63) is 72.3 Å². The quantitative estimate of drug-likeness (QED) is 0.460. The zero-order valence-electron chi connectivity index (χ0n) is 17.8. The van der Waals surface area contributed by atoms with Gasteiger partial charge in [0, 0.05) is 24.8 Å². The van der Waals surface area contributed by atoms with Gasteiger partial charge in [-0.1, -0.05) is 56.3 Å². The Morgan fingerprint density at radius 1 is 1.06 bits per heavy atom. The summed E-state index contributed by atoms with van der Waals surface area (Å²) in [4.78, 5) is 33.6. The fraction of sp³-hybridized carbons (Fsp3) is 0.304. The number of carbonyl (C=O) groups excluding carboxylic acids is 2. The lowest BCUT2D eigenvalue weighted by Gasteiger charge is -2.23. The van der Waals surface area contributed by atoms with Gasteiger partial charge < -0.3 is 15.7 Å². The molecule has 2 amide bonds. The third kappa shape index (κ3) is 6.36. The van der Waals surface area contributed by atoms with Crippen LogP contribution in [-0.4, -0.2) is 46.3 Å². The topological polar surface area (TPSA) is 104 Å². The molecule has 2 atom stereocenters. The van der Waals surface area contributed by atoms with Crippen LogP contribution in [0.3, 0.4) is 0 Å². The molecule has 0 saturated carbocycles. The molecule has 0 aliphatic rings. The summed E-state index contributed by atoms with van der Waals surface area (Å²) in [5, 5.41) is 17.5. The first-order valence-electron chi connectivity index (χ1n) is 10.4. The van der Waals surface area contributed by atoms with Gasteiger partial charge in [0.2, 0.25) is 5.91 Å². The van der Waals surface area contributed by atoms with Gasteiger partial charge in [-0.25, -0.2) is 4.98 Å². The minimum atomic E-state index is -0.822. The fourth-order valence-electron chi connectivity index (χ4n) is 3.51. The summed E-state index contributed by atoms with van der Waals surface area (Å²) in [7, 11) is -0.162. The van der Waals surface area contributed by atoms with E-state index in [1.165, 1.54) is 18.6 Å². The molecule has 3 N–H and O–H groups in total. The van der Waals surface area contributed by atoms with Crippen LogP contribution in [0.5, 0.6) is 0 Å². The molecule has 31 heavy (non-hydrogen) atoms. The highest BCUT2D eigenvalue weighted by molar-refractivity contribution is 6.28. The number of rotatable bonds is 9. The van der Waals surface area contributed by atoms with Gasteiger partial charge in [-0.3, -0.25) is 14.6 Å². The Balaban J connectivity index is 1.81. The second-order valence-electron chi connectivity index (χ2n) is 8.02. The normalized spacial score (nSPS) is 12.9. The predicted octanol–water partition coefficient (Wildman–Crippen LogP) is 1.80. The lowest BCUT2D eigenvalue weighted by atomic mass is 9.82. The Labute approximate surface area is 182 Å². The van der Waals surface area contributed by atoms with Crippen molar-refractivity contribution in [2.75, 3.05) is 0 Å². The summed E-state index contributed by atoms with van der Waals surface area (Å²) in [6, 6.07) is 13.1. The lowest BCUT2D eigenvalue weighted by Crippen LogP contribution is -2.52. The predicted molar refractivity (Wildman–Crippen MR) is 122 cm³/mol. The highest BCUT2D eigenvalue weighted by Gasteiger charge is 2.25. The van der Waals surface area contributed by atoms with Gasteiger partial charge in [0.05, 0.1) is 6.20 Å². The number of fused-ring (bicyclic) bond motifs is 1. The average Bonchev–Trinajstić information content (AvgIpc) is 2.78. The van der Waals surface area contributed by atoms with Crippen molar-refractivity contribution >= 4 is 30.1 Å². The van der Waals surface area contributed by atoms with E-state index in [9.17, 15) is 14.6 Å². The van der Waals surface area contributed by atoms with Crippen LogP contribution in [0.4, 0.5) is 0 Å². The lowest BCUT2D eigenvalue weighted by molar-refractivity contribution is -0.123. The molecule has 8 heteroatoms. The van der Waals surface area contributed by atoms with Crippen LogP contribution >= 0.6 is 0 Å². The van der Waals surface area contributed by atoms with Crippen LogP contribution in [-0.2, 0) is 11.2 Å². The summed E-state index contributed by atoms with van der Waals surface area (Å²) in [5.74, 6) is -0.880. The summed E-state index contributed by atoms with van der Waals surface area (Å²) >= 11 is 0. The monoisotopic (exact) mass is 418 g/mol. The number of hydrogen-bond acceptors (Lipinski definition) is 5. The zero-order chi connectivity index (χ0) is 22.2. The maximum atomic E-state index is 13.1. The van der Waals surface area contributed by atoms with Crippen molar-refractivity contribution in [1.29, 1.82) is 0 Å². The number of hydrogen-bond donors (Lipinski definition) is 3. The first-order chi connectivity index (χ1) is 15.0. The minimum absolute atomic E-state index is 0.139. The molecule has 1 aromatic heterocycles. The van der Waals surface area contributed by atoms with E-state index in [4.69, 9.17) is 0 Å². The van der Waals surface area contributed by atoms with E-state index in [2.05, 4.69) is 20.6 Å². The van der Waals surface area contributed by atoms with Crippen molar-refractivity contribution in [2.45, 2.75) is 38.7 Å². The molecular formula is C23H27BN4O3. The second kappa shape index (κ2) is 10.7. The number of amides is 2. The summed E-state index contributed by atoms with van der Waals surface area (Å²) < 4.78 is 0. The van der Waals surface area contributed by atoms with Crippen molar-refractivity contribution in [2.24, 2.45) is 5.92 Å². The molecule has 3 aromatic rings. The van der Waals surface area contributed by atoms with Gasteiger partial charge in [-0.15, -0.1) is 0 Å². The third-order valence-corrected chi connectivity index (χ3v) is 4.99. The van der Waals surface area contributed by atoms with Crippen molar-refractivity contribution in [3.8, 4) is 0 Å². The first-order valence-corrected chi connectivity index (χ1v) is 10.4. The van der Waals surface area contributed by atoms with Crippen LogP contribution < -0.4 is 10.6 Å². The van der Waals surface area contributed by atoms with E-state index in [-0.39, 0.29) is 25.0 Å². The summed E-state index contributed by atoms with van der Waals surface area (Å²) in [6.45, 7) is 4.05. The Hall–Kier alpha value is -3.26. The van der Waals surface area contributed by atoms with E-state index < -0.39 is 11.9 Å². The van der Waals surface area contributed by atoms with E-state index >= 15 is 0 Å². The van der Waals surface area contributed by atoms with Crippen LogP contribution in [0, 0.1) is 5.92 Å². The maximum Gasteiger partial charge on any atom is 0.293 e. The number of carbonyl (C=O) groups is 2. The molecule has 3 rings (SSSR count). The molecule has 0 radical (unpaired) electrons. The Morgan fingerprint density at radius 2 is 1.84 bits per heavy atom. The molecule has 1 heterocycles. The number of aromatic nitrogens is 2. The van der Waals surface area contributed by atoms with Gasteiger partial charge in [0.1, 0.15) is 11.7 Å². The van der Waals surface area contributed by atoms with E-state index in [1.54, 1.807) is 0 Å². The van der Waals surface area contributed by atoms with E-state index in [1.807, 2.05) is 56.3 Å². The smallest absolute Gasteiger partial charge is 0.293 e. The van der Waals surface area contributed by atoms with Gasteiger partial charge >= 0.3 is 0 Å². The van der Waals surface area contributed by atoms with E-state index in [0.717, 1.165) is 16.3 Å². The molecule has 0 aliphatic heterocycles. The standard InChI is InChI=1S/C23H27BN4O3/c1-15(2)11-21(24-31)28-22(29)19(27-23(30)20-14-25-9-10-26-20)13-16-7-8-17-5-3-4-6-18(17)12-16/h3-10,12,14-15,19,21,24,31H,11,13H2,1-2H3,(H,27,30)(H,28,29)/t19-,21-/m0/s1. The molecule has 0 spiro atoms. The number of nitrogens with one attached hydrogen (secondary N) is 2. The van der Waals surface area contributed by atoms with Crippen LogP contribution in [0.2, 0.25) is 0 Å². The first kappa shape index (κ1) is 22.4. The number of nitrogens with zero attached hydrogens (tertiary/aromatic N) is 2. The minimum Gasteiger partial charge on any atom is -0.452 e. The average molecular weight is 418 g/mol. The molecule has 160 valence electrons. The molecule has 2 aromatic carbocycles. The van der Waals surface area contributed by atoms with Crippen molar-refractivity contribution in [1.82, 2.24) is 20.6 Å². The van der Waals surface area contributed by atoms with Gasteiger partial charge in [0.25, 0.3) is 13.4 Å². The fourth-order valence-corrected chi connectivity index (χ4v) is 3.51. The van der Waals surface area contributed by atoms with Gasteiger partial charge in [0.15, 0.2) is 0 Å². The number of benzene rings is 2. The summed E-state index contributed by atoms with van der Waals surface area (Å²) in [6.07, 6.45) is 5.21. The Morgan fingerprint density at radius 3 is 2.52 bits per heavy atom. The molecule has 0 saturated heterocycles. The van der Waals surface area contributed by atoms with E-state index in [0.29, 0.717) is 18.8 Å². The van der Waals surface area contributed by atoms with Crippen LogP contribution in [0.15, 0.2) is 61.1 Å². The Bertz CT molecular complexity index is 1030. The van der Waals surface area contributed by atoms with Crippen molar-refractivity contribution < 1.29 is 14.6 Å². The van der Waals surface area contributed by atoms with Gasteiger partial charge in [-0.2, -0.15) is 0 Å². The maximum absolute atomic E-state index is 13.1. The molecular weight excluding hydrogens is 391 g/mol. The zero-order valence-corrected chi connectivity index (χ0v) is 17.8. The molecule has 0 aliphatic carbocycles.